The number of carboxylic acid groups (broad SMARTS) is 1. The number of rotatable bonds is 4. The summed E-state index contributed by atoms with van der Waals surface area (Å²) in [6, 6.07) is -0.109. The normalized spacial score (nSPS) is 25.9. The van der Waals surface area contributed by atoms with Crippen LogP contribution in [0.3, 0.4) is 0 Å². The molecule has 0 aromatic heterocycles. The van der Waals surface area contributed by atoms with Crippen LogP contribution in [0.2, 0.25) is 0 Å². The topological polar surface area (TPSA) is 78.4 Å². The minimum Gasteiger partial charge on any atom is -0.481 e. The van der Waals surface area contributed by atoms with Crippen molar-refractivity contribution >= 4 is 12.0 Å². The Bertz CT molecular complexity index is 423. The number of carbonyl (C=O) groups is 2. The molecule has 2 amide bonds. The van der Waals surface area contributed by atoms with E-state index in [1.807, 2.05) is 0 Å². The second-order valence-corrected chi connectivity index (χ2v) is 7.85. The van der Waals surface area contributed by atoms with Crippen molar-refractivity contribution in [2.24, 2.45) is 16.2 Å². The maximum Gasteiger partial charge on any atom is 0.315 e. The van der Waals surface area contributed by atoms with Crippen LogP contribution >= 0.6 is 0 Å². The highest BCUT2D eigenvalue weighted by molar-refractivity contribution is 5.78. The molecule has 2 aliphatic carbocycles. The van der Waals surface area contributed by atoms with Gasteiger partial charge in [0.15, 0.2) is 0 Å². The Morgan fingerprint density at radius 1 is 1.05 bits per heavy atom. The zero-order valence-electron chi connectivity index (χ0n) is 13.6. The van der Waals surface area contributed by atoms with E-state index < -0.39 is 11.4 Å². The summed E-state index contributed by atoms with van der Waals surface area (Å²) >= 11 is 0. The first-order chi connectivity index (χ1) is 9.63. The van der Waals surface area contributed by atoms with E-state index >= 15 is 0 Å². The number of hydrogen-bond acceptors (Lipinski definition) is 2. The van der Waals surface area contributed by atoms with E-state index in [4.69, 9.17) is 0 Å². The van der Waals surface area contributed by atoms with Crippen molar-refractivity contribution in [2.75, 3.05) is 6.54 Å². The molecule has 120 valence electrons. The first kappa shape index (κ1) is 16.1. The molecule has 0 aliphatic heterocycles. The van der Waals surface area contributed by atoms with Crippen molar-refractivity contribution in [3.8, 4) is 0 Å². The second kappa shape index (κ2) is 5.18. The molecule has 0 saturated heterocycles. The summed E-state index contributed by atoms with van der Waals surface area (Å²) in [5.74, 6) is -0.783. The molecule has 0 bridgehead atoms. The average Bonchev–Trinajstić information content (AvgIpc) is 2.80. The van der Waals surface area contributed by atoms with Gasteiger partial charge in [-0.25, -0.2) is 4.79 Å². The summed E-state index contributed by atoms with van der Waals surface area (Å²) in [4.78, 5) is 23.6. The van der Waals surface area contributed by atoms with Gasteiger partial charge in [0.2, 0.25) is 0 Å². The Kier molecular flexibility index (Phi) is 3.98. The summed E-state index contributed by atoms with van der Waals surface area (Å²) in [6.45, 7) is 8.77. The van der Waals surface area contributed by atoms with Crippen LogP contribution in [0.15, 0.2) is 0 Å². The van der Waals surface area contributed by atoms with Crippen LogP contribution in [0.4, 0.5) is 4.79 Å². The number of nitrogens with one attached hydrogen (secondary N) is 2. The van der Waals surface area contributed by atoms with Gasteiger partial charge in [-0.15, -0.1) is 0 Å². The fraction of sp³-hybridized carbons (Fsp3) is 0.875. The molecule has 21 heavy (non-hydrogen) atoms. The quantitative estimate of drug-likeness (QED) is 0.746. The molecule has 0 aromatic rings. The zero-order chi connectivity index (χ0) is 15.9. The molecule has 0 aromatic carbocycles. The smallest absolute Gasteiger partial charge is 0.315 e. The monoisotopic (exact) mass is 296 g/mol. The van der Waals surface area contributed by atoms with Crippen molar-refractivity contribution in [3.05, 3.63) is 0 Å². The van der Waals surface area contributed by atoms with Crippen LogP contribution in [-0.2, 0) is 4.79 Å². The third-order valence-electron chi connectivity index (χ3n) is 6.15. The van der Waals surface area contributed by atoms with Gasteiger partial charge in [-0.3, -0.25) is 4.79 Å². The summed E-state index contributed by atoms with van der Waals surface area (Å²) in [6.07, 6.45) is 4.26. The molecule has 0 atom stereocenters. The number of carboxylic acids is 1. The maximum atomic E-state index is 12.1. The molecule has 2 fully saturated rings. The zero-order valence-corrected chi connectivity index (χ0v) is 13.6. The van der Waals surface area contributed by atoms with Crippen molar-refractivity contribution < 1.29 is 14.7 Å². The first-order valence-corrected chi connectivity index (χ1v) is 7.91. The van der Waals surface area contributed by atoms with Gasteiger partial charge in [0, 0.05) is 12.6 Å². The molecule has 2 aliphatic rings. The maximum absolute atomic E-state index is 12.1. The SMILES string of the molecule is CC1(C)C(NC(=O)NCC2(C(=O)O)CCCCC2)C1(C)C. The van der Waals surface area contributed by atoms with Gasteiger partial charge in [0.25, 0.3) is 0 Å². The van der Waals surface area contributed by atoms with Gasteiger partial charge in [0.05, 0.1) is 5.41 Å². The minimum absolute atomic E-state index is 0.0830. The number of urea groups is 1. The Balaban J connectivity index is 1.87. The molecule has 3 N–H and O–H groups in total. The molecule has 2 saturated carbocycles. The molecule has 0 spiro atoms. The fourth-order valence-corrected chi connectivity index (χ4v) is 3.68. The fourth-order valence-electron chi connectivity index (χ4n) is 3.68. The van der Waals surface area contributed by atoms with Crippen molar-refractivity contribution in [1.82, 2.24) is 10.6 Å². The molecule has 5 nitrogen and oxygen atoms in total. The number of amides is 2. The second-order valence-electron chi connectivity index (χ2n) is 7.85. The van der Waals surface area contributed by atoms with Gasteiger partial charge in [-0.2, -0.15) is 0 Å². The predicted molar refractivity (Wildman–Crippen MR) is 81.0 cm³/mol. The average molecular weight is 296 g/mol. The van der Waals surface area contributed by atoms with Crippen molar-refractivity contribution in [2.45, 2.75) is 65.8 Å². The van der Waals surface area contributed by atoms with E-state index in [0.29, 0.717) is 12.8 Å². The summed E-state index contributed by atoms with van der Waals surface area (Å²) in [7, 11) is 0. The third kappa shape index (κ3) is 2.74. The standard InChI is InChI=1S/C16H28N2O3/c1-14(2)11(15(14,3)4)18-13(21)17-10-16(12(19)20)8-6-5-7-9-16/h11H,5-10H2,1-4H3,(H,19,20)(H2,17,18,21). The molecule has 0 heterocycles. The lowest BCUT2D eigenvalue weighted by Gasteiger charge is -2.33. The molecule has 5 heteroatoms. The number of hydrogen-bond donors (Lipinski definition) is 3. The highest BCUT2D eigenvalue weighted by Crippen LogP contribution is 2.62. The molecular formula is C16H28N2O3. The number of aliphatic carboxylic acids is 1. The van der Waals surface area contributed by atoms with E-state index in [0.717, 1.165) is 19.3 Å². The van der Waals surface area contributed by atoms with E-state index in [1.165, 1.54) is 0 Å². The summed E-state index contributed by atoms with van der Waals surface area (Å²) in [5.41, 5.74) is -0.608. The first-order valence-electron chi connectivity index (χ1n) is 7.91. The predicted octanol–water partition coefficient (Wildman–Crippen LogP) is 2.76. The Labute approximate surface area is 126 Å². The summed E-state index contributed by atoms with van der Waals surface area (Å²) < 4.78 is 0. The Hall–Kier alpha value is -1.26. The largest absolute Gasteiger partial charge is 0.481 e. The lowest BCUT2D eigenvalue weighted by Crippen LogP contribution is -2.48. The number of carbonyl (C=O) groups excluding carboxylic acids is 1. The highest BCUT2D eigenvalue weighted by Gasteiger charge is 2.65. The van der Waals surface area contributed by atoms with E-state index in [1.54, 1.807) is 0 Å². The van der Waals surface area contributed by atoms with Crippen LogP contribution in [0.5, 0.6) is 0 Å². The molecule has 0 radical (unpaired) electrons. The van der Waals surface area contributed by atoms with Gasteiger partial charge in [-0.1, -0.05) is 47.0 Å². The van der Waals surface area contributed by atoms with Gasteiger partial charge in [-0.05, 0) is 23.7 Å². The Morgan fingerprint density at radius 2 is 1.57 bits per heavy atom. The van der Waals surface area contributed by atoms with E-state index in [2.05, 4.69) is 38.3 Å². The highest BCUT2D eigenvalue weighted by atomic mass is 16.4. The molecule has 2 rings (SSSR count). The van der Waals surface area contributed by atoms with Gasteiger partial charge >= 0.3 is 12.0 Å². The lowest BCUT2D eigenvalue weighted by atomic mass is 9.74. The van der Waals surface area contributed by atoms with E-state index in [-0.39, 0.29) is 29.4 Å². The summed E-state index contributed by atoms with van der Waals surface area (Å²) in [5, 5.41) is 15.3. The van der Waals surface area contributed by atoms with Gasteiger partial charge < -0.3 is 15.7 Å². The van der Waals surface area contributed by atoms with Crippen LogP contribution in [0.1, 0.15) is 59.8 Å². The van der Waals surface area contributed by atoms with Crippen LogP contribution in [0, 0.1) is 16.2 Å². The Morgan fingerprint density at radius 3 is 2.00 bits per heavy atom. The van der Waals surface area contributed by atoms with Crippen LogP contribution in [-0.4, -0.2) is 29.7 Å². The van der Waals surface area contributed by atoms with Crippen molar-refractivity contribution in [3.63, 3.8) is 0 Å². The van der Waals surface area contributed by atoms with Gasteiger partial charge in [0.1, 0.15) is 0 Å². The third-order valence-corrected chi connectivity index (χ3v) is 6.15. The van der Waals surface area contributed by atoms with Crippen molar-refractivity contribution in [1.29, 1.82) is 0 Å². The van der Waals surface area contributed by atoms with Crippen LogP contribution < -0.4 is 10.6 Å². The van der Waals surface area contributed by atoms with E-state index in [9.17, 15) is 14.7 Å². The molecular weight excluding hydrogens is 268 g/mol. The lowest BCUT2D eigenvalue weighted by molar-refractivity contribution is -0.150. The van der Waals surface area contributed by atoms with Crippen LogP contribution in [0.25, 0.3) is 0 Å². The minimum atomic E-state index is -0.783. The molecule has 0 unspecified atom stereocenters.